The van der Waals surface area contributed by atoms with Crippen LogP contribution in [-0.4, -0.2) is 16.6 Å². The van der Waals surface area contributed by atoms with Crippen molar-refractivity contribution in [3.63, 3.8) is 0 Å². The molecule has 0 radical (unpaired) electrons. The lowest BCUT2D eigenvalue weighted by Gasteiger charge is -2.00. The first-order valence-corrected chi connectivity index (χ1v) is 3.63. The molecule has 0 aromatic carbocycles. The summed E-state index contributed by atoms with van der Waals surface area (Å²) in [6.07, 6.45) is 2.55. The van der Waals surface area contributed by atoms with Gasteiger partial charge in [0.1, 0.15) is 6.07 Å². The minimum Gasteiger partial charge on any atom is -0.386 e. The SMILES string of the molecule is N#Cc1cncc2c1NCC2O. The van der Waals surface area contributed by atoms with E-state index in [4.69, 9.17) is 5.26 Å². The van der Waals surface area contributed by atoms with Crippen LogP contribution in [0.25, 0.3) is 0 Å². The maximum Gasteiger partial charge on any atom is 0.103 e. The lowest BCUT2D eigenvalue weighted by Crippen LogP contribution is -1.99. The van der Waals surface area contributed by atoms with Crippen LogP contribution in [0.2, 0.25) is 0 Å². The molecule has 12 heavy (non-hydrogen) atoms. The molecule has 1 atom stereocenters. The Morgan fingerprint density at radius 1 is 1.67 bits per heavy atom. The molecule has 1 aliphatic heterocycles. The zero-order valence-electron chi connectivity index (χ0n) is 6.28. The summed E-state index contributed by atoms with van der Waals surface area (Å²) in [5.41, 5.74) is 1.93. The fraction of sp³-hybridized carbons (Fsp3) is 0.250. The van der Waals surface area contributed by atoms with Gasteiger partial charge in [-0.1, -0.05) is 0 Å². The molecule has 1 aromatic heterocycles. The molecule has 4 nitrogen and oxygen atoms in total. The molecule has 0 fully saturated rings. The number of fused-ring (bicyclic) bond motifs is 1. The zero-order valence-corrected chi connectivity index (χ0v) is 6.28. The largest absolute Gasteiger partial charge is 0.386 e. The third-order valence-corrected chi connectivity index (χ3v) is 1.93. The van der Waals surface area contributed by atoms with E-state index in [-0.39, 0.29) is 0 Å². The number of rotatable bonds is 0. The van der Waals surface area contributed by atoms with Gasteiger partial charge in [0, 0.05) is 24.5 Å². The van der Waals surface area contributed by atoms with Gasteiger partial charge in [0.05, 0.1) is 17.4 Å². The summed E-state index contributed by atoms with van der Waals surface area (Å²) in [5, 5.41) is 21.0. The quantitative estimate of drug-likeness (QED) is 0.578. The third kappa shape index (κ3) is 0.840. The van der Waals surface area contributed by atoms with Gasteiger partial charge in [0.15, 0.2) is 0 Å². The number of anilines is 1. The van der Waals surface area contributed by atoms with Crippen LogP contribution in [0, 0.1) is 11.3 Å². The normalized spacial score (nSPS) is 19.5. The van der Waals surface area contributed by atoms with Crippen molar-refractivity contribution in [3.05, 3.63) is 23.5 Å². The van der Waals surface area contributed by atoms with Crippen LogP contribution in [0.3, 0.4) is 0 Å². The molecule has 1 aromatic rings. The molecule has 2 heterocycles. The lowest BCUT2D eigenvalue weighted by molar-refractivity contribution is 0.199. The van der Waals surface area contributed by atoms with E-state index in [9.17, 15) is 5.11 Å². The molecule has 0 saturated heterocycles. The van der Waals surface area contributed by atoms with Gasteiger partial charge in [-0.15, -0.1) is 0 Å². The number of hydrogen-bond acceptors (Lipinski definition) is 4. The van der Waals surface area contributed by atoms with Gasteiger partial charge in [0.2, 0.25) is 0 Å². The van der Waals surface area contributed by atoms with Crippen LogP contribution in [0.5, 0.6) is 0 Å². The number of hydrogen-bond donors (Lipinski definition) is 2. The van der Waals surface area contributed by atoms with Gasteiger partial charge in [0.25, 0.3) is 0 Å². The fourth-order valence-electron chi connectivity index (χ4n) is 1.32. The lowest BCUT2D eigenvalue weighted by atomic mass is 10.1. The second-order valence-corrected chi connectivity index (χ2v) is 2.66. The van der Waals surface area contributed by atoms with Crippen molar-refractivity contribution >= 4 is 5.69 Å². The summed E-state index contributed by atoms with van der Waals surface area (Å²) >= 11 is 0. The van der Waals surface area contributed by atoms with Gasteiger partial charge in [-0.2, -0.15) is 5.26 Å². The average molecular weight is 161 g/mol. The van der Waals surface area contributed by atoms with Crippen LogP contribution < -0.4 is 5.32 Å². The molecular weight excluding hydrogens is 154 g/mol. The van der Waals surface area contributed by atoms with E-state index in [1.54, 1.807) is 6.20 Å². The molecular formula is C8H7N3O. The van der Waals surface area contributed by atoms with Gasteiger partial charge in [-0.05, 0) is 0 Å². The van der Waals surface area contributed by atoms with E-state index in [0.717, 1.165) is 5.69 Å². The van der Waals surface area contributed by atoms with Gasteiger partial charge < -0.3 is 10.4 Å². The van der Waals surface area contributed by atoms with E-state index >= 15 is 0 Å². The minimum absolute atomic E-state index is 0.468. The number of aromatic nitrogens is 1. The highest BCUT2D eigenvalue weighted by Crippen LogP contribution is 2.30. The maximum absolute atomic E-state index is 9.39. The van der Waals surface area contributed by atoms with E-state index in [1.807, 2.05) is 6.07 Å². The molecule has 1 unspecified atom stereocenters. The van der Waals surface area contributed by atoms with Gasteiger partial charge >= 0.3 is 0 Å². The molecule has 4 heteroatoms. The highest BCUT2D eigenvalue weighted by molar-refractivity contribution is 5.64. The van der Waals surface area contributed by atoms with Crippen molar-refractivity contribution in [2.45, 2.75) is 6.10 Å². The van der Waals surface area contributed by atoms with Crippen molar-refractivity contribution in [1.82, 2.24) is 4.98 Å². The van der Waals surface area contributed by atoms with E-state index in [1.165, 1.54) is 6.20 Å². The summed E-state index contributed by atoms with van der Waals surface area (Å²) < 4.78 is 0. The fourth-order valence-corrected chi connectivity index (χ4v) is 1.32. The smallest absolute Gasteiger partial charge is 0.103 e. The van der Waals surface area contributed by atoms with Crippen LogP contribution in [0.4, 0.5) is 5.69 Å². The highest BCUT2D eigenvalue weighted by atomic mass is 16.3. The van der Waals surface area contributed by atoms with Crippen molar-refractivity contribution in [2.75, 3.05) is 11.9 Å². The number of β-amino-alcohol motifs (C(OH)–C–C–N with tert-alkyl or cyclic N) is 1. The number of aliphatic hydroxyl groups is 1. The molecule has 2 N–H and O–H groups in total. The number of nitrogens with zero attached hydrogens (tertiary/aromatic N) is 2. The van der Waals surface area contributed by atoms with Gasteiger partial charge in [-0.25, -0.2) is 0 Å². The summed E-state index contributed by atoms with van der Waals surface area (Å²) in [6.45, 7) is 0.468. The number of nitrogens with one attached hydrogen (secondary N) is 1. The Bertz CT molecular complexity index is 356. The molecule has 2 rings (SSSR count). The van der Waals surface area contributed by atoms with Crippen LogP contribution in [0.1, 0.15) is 17.2 Å². The number of aliphatic hydroxyl groups excluding tert-OH is 1. The van der Waals surface area contributed by atoms with Crippen LogP contribution >= 0.6 is 0 Å². The first-order valence-electron chi connectivity index (χ1n) is 3.63. The minimum atomic E-state index is -0.527. The summed E-state index contributed by atoms with van der Waals surface area (Å²) in [5.74, 6) is 0. The van der Waals surface area contributed by atoms with Crippen LogP contribution in [0.15, 0.2) is 12.4 Å². The van der Waals surface area contributed by atoms with Crippen molar-refractivity contribution in [2.24, 2.45) is 0 Å². The highest BCUT2D eigenvalue weighted by Gasteiger charge is 2.22. The maximum atomic E-state index is 9.39. The summed E-state index contributed by atoms with van der Waals surface area (Å²) in [4.78, 5) is 3.86. The second-order valence-electron chi connectivity index (χ2n) is 2.66. The molecule has 0 saturated carbocycles. The second kappa shape index (κ2) is 2.47. The predicted octanol–water partition coefficient (Wildman–Crippen LogP) is 0.412. The Morgan fingerprint density at radius 2 is 2.50 bits per heavy atom. The Balaban J connectivity index is 2.60. The summed E-state index contributed by atoms with van der Waals surface area (Å²) in [6, 6.07) is 2.01. The monoisotopic (exact) mass is 161 g/mol. The van der Waals surface area contributed by atoms with Crippen molar-refractivity contribution in [3.8, 4) is 6.07 Å². The van der Waals surface area contributed by atoms with Crippen molar-refractivity contribution < 1.29 is 5.11 Å². The molecule has 0 spiro atoms. The topological polar surface area (TPSA) is 68.9 Å². The van der Waals surface area contributed by atoms with Crippen LogP contribution in [-0.2, 0) is 0 Å². The van der Waals surface area contributed by atoms with E-state index in [0.29, 0.717) is 17.7 Å². The Morgan fingerprint density at radius 3 is 3.25 bits per heavy atom. The molecule has 1 aliphatic rings. The Kier molecular flexibility index (Phi) is 1.45. The average Bonchev–Trinajstić information content (AvgIpc) is 2.48. The molecule has 0 bridgehead atoms. The Hall–Kier alpha value is -1.60. The summed E-state index contributed by atoms with van der Waals surface area (Å²) in [7, 11) is 0. The first-order chi connectivity index (χ1) is 5.83. The molecule has 60 valence electrons. The van der Waals surface area contributed by atoms with E-state index < -0.39 is 6.10 Å². The zero-order chi connectivity index (χ0) is 8.55. The Labute approximate surface area is 69.5 Å². The first kappa shape index (κ1) is 7.07. The molecule has 0 amide bonds. The number of nitriles is 1. The third-order valence-electron chi connectivity index (χ3n) is 1.93. The van der Waals surface area contributed by atoms with E-state index in [2.05, 4.69) is 10.3 Å². The predicted molar refractivity (Wildman–Crippen MR) is 42.4 cm³/mol. The molecule has 0 aliphatic carbocycles. The standard InChI is InChI=1S/C8H7N3O/c9-1-5-2-10-3-6-7(12)4-11-8(5)6/h2-3,7,11-12H,4H2. The van der Waals surface area contributed by atoms with Crippen molar-refractivity contribution in [1.29, 1.82) is 5.26 Å². The van der Waals surface area contributed by atoms with Gasteiger partial charge in [-0.3, -0.25) is 4.98 Å². The number of pyridine rings is 1.